The molecule has 3 heterocycles. The number of anilines is 1. The van der Waals surface area contributed by atoms with Crippen molar-refractivity contribution in [2.45, 2.75) is 25.4 Å². The van der Waals surface area contributed by atoms with Crippen LogP contribution in [0.4, 0.5) is 10.2 Å². The highest BCUT2D eigenvalue weighted by atomic mass is 19.1. The molecule has 0 bridgehead atoms. The summed E-state index contributed by atoms with van der Waals surface area (Å²) in [7, 11) is 0. The van der Waals surface area contributed by atoms with E-state index in [2.05, 4.69) is 20.6 Å². The van der Waals surface area contributed by atoms with Gasteiger partial charge >= 0.3 is 0 Å². The molecule has 1 aliphatic heterocycles. The zero-order valence-electron chi connectivity index (χ0n) is 21.0. The van der Waals surface area contributed by atoms with Crippen molar-refractivity contribution in [3.05, 3.63) is 77.7 Å². The predicted molar refractivity (Wildman–Crippen MR) is 142 cm³/mol. The SMILES string of the molecule is CC(=O)NCCNc1nc(-c2ccccc2)nc2[nH]c(C(=O)N3CCC(O)(c4ccc(F)cc4)CC3)cc12. The molecule has 0 radical (unpaired) electrons. The number of nitrogens with one attached hydrogen (secondary N) is 3. The number of piperidine rings is 1. The average Bonchev–Trinajstić information content (AvgIpc) is 3.36. The topological polar surface area (TPSA) is 123 Å². The maximum atomic E-state index is 13.4. The molecule has 2 amide bonds. The van der Waals surface area contributed by atoms with Crippen molar-refractivity contribution in [2.75, 3.05) is 31.5 Å². The molecule has 4 N–H and O–H groups in total. The van der Waals surface area contributed by atoms with Crippen LogP contribution < -0.4 is 10.6 Å². The summed E-state index contributed by atoms with van der Waals surface area (Å²) >= 11 is 0. The molecule has 0 saturated carbocycles. The number of benzene rings is 2. The number of nitrogens with zero attached hydrogens (tertiary/aromatic N) is 3. The molecule has 1 saturated heterocycles. The number of halogens is 1. The van der Waals surface area contributed by atoms with Gasteiger partial charge in [0.25, 0.3) is 5.91 Å². The first-order valence-corrected chi connectivity index (χ1v) is 12.5. The predicted octanol–water partition coefficient (Wildman–Crippen LogP) is 3.44. The first-order chi connectivity index (χ1) is 18.3. The van der Waals surface area contributed by atoms with Crippen LogP contribution in [0.2, 0.25) is 0 Å². The molecule has 2 aromatic carbocycles. The fourth-order valence-electron chi connectivity index (χ4n) is 4.69. The van der Waals surface area contributed by atoms with Gasteiger partial charge in [0, 0.05) is 38.7 Å². The van der Waals surface area contributed by atoms with Gasteiger partial charge in [-0.15, -0.1) is 0 Å². The minimum Gasteiger partial charge on any atom is -0.385 e. The molecule has 0 aliphatic carbocycles. The smallest absolute Gasteiger partial charge is 0.270 e. The van der Waals surface area contributed by atoms with Crippen LogP contribution in [0, 0.1) is 5.82 Å². The zero-order chi connectivity index (χ0) is 26.7. The van der Waals surface area contributed by atoms with Crippen LogP contribution in [0.5, 0.6) is 0 Å². The number of amides is 2. The highest BCUT2D eigenvalue weighted by Crippen LogP contribution is 2.34. The van der Waals surface area contributed by atoms with Crippen LogP contribution in [0.1, 0.15) is 35.8 Å². The highest BCUT2D eigenvalue weighted by molar-refractivity contribution is 6.00. The van der Waals surface area contributed by atoms with Crippen molar-refractivity contribution < 1.29 is 19.1 Å². The van der Waals surface area contributed by atoms with E-state index in [0.717, 1.165) is 5.56 Å². The molecule has 4 aromatic rings. The number of likely N-dealkylation sites (tertiary alicyclic amines) is 1. The van der Waals surface area contributed by atoms with Crippen LogP contribution in [0.3, 0.4) is 0 Å². The minimum atomic E-state index is -1.11. The lowest BCUT2D eigenvalue weighted by molar-refractivity contribution is -0.118. The largest absolute Gasteiger partial charge is 0.385 e. The molecule has 10 heteroatoms. The first kappa shape index (κ1) is 25.3. The van der Waals surface area contributed by atoms with Gasteiger partial charge in [0.05, 0.1) is 11.0 Å². The van der Waals surface area contributed by atoms with Crippen molar-refractivity contribution in [2.24, 2.45) is 0 Å². The quantitative estimate of drug-likeness (QED) is 0.279. The van der Waals surface area contributed by atoms with Gasteiger partial charge in [-0.3, -0.25) is 9.59 Å². The summed E-state index contributed by atoms with van der Waals surface area (Å²) in [5.74, 6) is 0.384. The number of aromatic amines is 1. The number of H-pyrrole nitrogens is 1. The number of carbonyl (C=O) groups excluding carboxylic acids is 2. The van der Waals surface area contributed by atoms with Gasteiger partial charge < -0.3 is 25.6 Å². The Hall–Kier alpha value is -4.31. The van der Waals surface area contributed by atoms with E-state index in [1.54, 1.807) is 23.1 Å². The number of hydrogen-bond acceptors (Lipinski definition) is 6. The molecule has 2 aromatic heterocycles. The van der Waals surface area contributed by atoms with Crippen LogP contribution in [0.25, 0.3) is 22.4 Å². The van der Waals surface area contributed by atoms with E-state index >= 15 is 0 Å². The summed E-state index contributed by atoms with van der Waals surface area (Å²) < 4.78 is 13.3. The van der Waals surface area contributed by atoms with Crippen molar-refractivity contribution >= 4 is 28.7 Å². The Morgan fingerprint density at radius 2 is 1.76 bits per heavy atom. The Morgan fingerprint density at radius 1 is 1.05 bits per heavy atom. The van der Waals surface area contributed by atoms with Crippen molar-refractivity contribution in [3.8, 4) is 11.4 Å². The number of fused-ring (bicyclic) bond motifs is 1. The molecule has 0 spiro atoms. The molecular formula is C28H29FN6O3. The molecule has 0 unspecified atom stereocenters. The lowest BCUT2D eigenvalue weighted by Crippen LogP contribution is -2.45. The zero-order valence-corrected chi connectivity index (χ0v) is 21.0. The van der Waals surface area contributed by atoms with Crippen LogP contribution in [-0.4, -0.2) is 63.0 Å². The average molecular weight is 517 g/mol. The van der Waals surface area contributed by atoms with Gasteiger partial charge in [-0.05, 0) is 36.6 Å². The Kier molecular flexibility index (Phi) is 7.06. The van der Waals surface area contributed by atoms with E-state index in [-0.39, 0.29) is 17.6 Å². The number of carbonyl (C=O) groups is 2. The lowest BCUT2D eigenvalue weighted by Gasteiger charge is -2.38. The molecule has 9 nitrogen and oxygen atoms in total. The van der Waals surface area contributed by atoms with E-state index < -0.39 is 5.60 Å². The van der Waals surface area contributed by atoms with Gasteiger partial charge in [0.2, 0.25) is 5.91 Å². The number of rotatable bonds is 7. The summed E-state index contributed by atoms with van der Waals surface area (Å²) in [4.78, 5) is 38.8. The van der Waals surface area contributed by atoms with Crippen LogP contribution in [-0.2, 0) is 10.4 Å². The molecular weight excluding hydrogens is 487 g/mol. The van der Waals surface area contributed by atoms with Crippen LogP contribution in [0.15, 0.2) is 60.7 Å². The summed E-state index contributed by atoms with van der Waals surface area (Å²) in [6.45, 7) is 3.03. The van der Waals surface area contributed by atoms with Crippen molar-refractivity contribution in [3.63, 3.8) is 0 Å². The van der Waals surface area contributed by atoms with Gasteiger partial charge in [-0.2, -0.15) is 0 Å². The van der Waals surface area contributed by atoms with E-state index in [1.807, 2.05) is 30.3 Å². The normalized spacial score (nSPS) is 14.9. The Balaban J connectivity index is 1.38. The second-order valence-electron chi connectivity index (χ2n) is 9.45. The maximum absolute atomic E-state index is 13.4. The minimum absolute atomic E-state index is 0.119. The van der Waals surface area contributed by atoms with Crippen molar-refractivity contribution in [1.82, 2.24) is 25.2 Å². The monoisotopic (exact) mass is 516 g/mol. The van der Waals surface area contributed by atoms with Gasteiger partial charge in [0.1, 0.15) is 23.0 Å². The third-order valence-corrected chi connectivity index (χ3v) is 6.80. The standard InChI is InChI=1S/C28H29FN6O3/c1-18(36)30-13-14-31-25-22-17-23(32-26(22)34-24(33-25)19-5-3-2-4-6-19)27(37)35-15-11-28(38,12-16-35)20-7-9-21(29)10-8-20/h2-10,17,38H,11-16H2,1H3,(H,30,36)(H2,31,32,33,34). The Labute approximate surface area is 219 Å². The molecule has 5 rings (SSSR count). The summed E-state index contributed by atoms with van der Waals surface area (Å²) in [5, 5.41) is 17.8. The molecule has 1 aliphatic rings. The third-order valence-electron chi connectivity index (χ3n) is 6.80. The van der Waals surface area contributed by atoms with E-state index in [4.69, 9.17) is 4.98 Å². The van der Waals surface area contributed by atoms with E-state index in [0.29, 0.717) is 73.0 Å². The first-order valence-electron chi connectivity index (χ1n) is 12.5. The van der Waals surface area contributed by atoms with Crippen molar-refractivity contribution in [1.29, 1.82) is 0 Å². The third kappa shape index (κ3) is 5.35. The van der Waals surface area contributed by atoms with Gasteiger partial charge in [0.15, 0.2) is 5.82 Å². The van der Waals surface area contributed by atoms with E-state index in [9.17, 15) is 19.1 Å². The number of hydrogen-bond donors (Lipinski definition) is 4. The molecule has 196 valence electrons. The fraction of sp³-hybridized carbons (Fsp3) is 0.286. The van der Waals surface area contributed by atoms with Gasteiger partial charge in [-0.1, -0.05) is 42.5 Å². The number of aliphatic hydroxyl groups is 1. The summed E-state index contributed by atoms with van der Waals surface area (Å²) in [6, 6.07) is 17.1. The van der Waals surface area contributed by atoms with Gasteiger partial charge in [-0.25, -0.2) is 14.4 Å². The Bertz CT molecular complexity index is 1450. The lowest BCUT2D eigenvalue weighted by atomic mass is 9.84. The fourth-order valence-corrected chi connectivity index (χ4v) is 4.69. The van der Waals surface area contributed by atoms with E-state index in [1.165, 1.54) is 19.1 Å². The molecule has 38 heavy (non-hydrogen) atoms. The number of aromatic nitrogens is 3. The highest BCUT2D eigenvalue weighted by Gasteiger charge is 2.36. The summed E-state index contributed by atoms with van der Waals surface area (Å²) in [5.41, 5.74) is 1.26. The molecule has 1 fully saturated rings. The second kappa shape index (κ2) is 10.6. The molecule has 0 atom stereocenters. The maximum Gasteiger partial charge on any atom is 0.270 e. The summed E-state index contributed by atoms with van der Waals surface area (Å²) in [6.07, 6.45) is 0.692. The van der Waals surface area contributed by atoms with Crippen LogP contribution >= 0.6 is 0 Å². The second-order valence-corrected chi connectivity index (χ2v) is 9.45. The Morgan fingerprint density at radius 3 is 2.45 bits per heavy atom.